The van der Waals surface area contributed by atoms with E-state index >= 15 is 0 Å². The third-order valence-electron chi connectivity index (χ3n) is 12.5. The monoisotopic (exact) mass is 623 g/mol. The molecule has 7 rings (SSSR count). The van der Waals surface area contributed by atoms with Crippen molar-refractivity contribution in [2.45, 2.75) is 113 Å². The quantitative estimate of drug-likeness (QED) is 0.260. The van der Waals surface area contributed by atoms with Crippen LogP contribution in [0, 0.1) is 47.3 Å². The van der Waals surface area contributed by atoms with Gasteiger partial charge in [0.1, 0.15) is 18.0 Å². The van der Waals surface area contributed by atoms with Gasteiger partial charge in [0.15, 0.2) is 24.6 Å². The molecule has 2 heterocycles. The highest BCUT2D eigenvalue weighted by Crippen LogP contribution is 2.64. The lowest BCUT2D eigenvalue weighted by molar-refractivity contribution is -0.300. The van der Waals surface area contributed by atoms with Crippen LogP contribution in [-0.4, -0.2) is 114 Å². The Kier molecular flexibility index (Phi) is 8.74. The molecule has 0 amide bonds. The third-order valence-corrected chi connectivity index (χ3v) is 12.5. The van der Waals surface area contributed by atoms with Gasteiger partial charge in [-0.15, -0.1) is 0 Å². The minimum absolute atomic E-state index is 0.0368. The molecule has 0 aromatic heterocycles. The topological polar surface area (TPSA) is 173 Å². The van der Waals surface area contributed by atoms with E-state index in [2.05, 4.69) is 5.32 Å². The Labute approximate surface area is 258 Å². The number of ketones is 2. The van der Waals surface area contributed by atoms with E-state index in [1.54, 1.807) is 7.11 Å². The van der Waals surface area contributed by atoms with Crippen LogP contribution < -0.4 is 5.32 Å². The number of carbonyl (C=O) groups excluding carboxylic acids is 2. The van der Waals surface area contributed by atoms with Crippen LogP contribution in [0.4, 0.5) is 0 Å². The summed E-state index contributed by atoms with van der Waals surface area (Å²) in [5.41, 5.74) is -1.95. The molecular weight excluding hydrogens is 574 g/mol. The molecule has 12 heteroatoms. The number of aliphatic hydroxyl groups excluding tert-OH is 3. The number of ether oxygens (including phenoxy) is 5. The summed E-state index contributed by atoms with van der Waals surface area (Å²) in [5, 5.41) is 48.5. The highest BCUT2D eigenvalue weighted by Gasteiger charge is 2.68. The number of hydrogen-bond acceptors (Lipinski definition) is 12. The average molecular weight is 624 g/mol. The molecule has 12 nitrogen and oxygen atoms in total. The number of carbonyl (C=O) groups is 2. The molecule has 17 atom stereocenters. The second kappa shape index (κ2) is 12.2. The van der Waals surface area contributed by atoms with Gasteiger partial charge in [-0.25, -0.2) is 0 Å². The van der Waals surface area contributed by atoms with E-state index in [0.717, 1.165) is 25.7 Å². The fourth-order valence-electron chi connectivity index (χ4n) is 10.5. The molecule has 7 fully saturated rings. The predicted octanol–water partition coefficient (Wildman–Crippen LogP) is 0.122. The van der Waals surface area contributed by atoms with Gasteiger partial charge in [0.25, 0.3) is 0 Å². The van der Waals surface area contributed by atoms with Crippen molar-refractivity contribution in [3.63, 3.8) is 0 Å². The molecule has 0 spiro atoms. The first-order valence-electron chi connectivity index (χ1n) is 16.8. The molecule has 0 aromatic rings. The third kappa shape index (κ3) is 5.12. The van der Waals surface area contributed by atoms with Crippen molar-refractivity contribution in [2.24, 2.45) is 47.3 Å². The van der Waals surface area contributed by atoms with E-state index in [-0.39, 0.29) is 54.5 Å². The fraction of sp³-hybridized carbons (Fsp3) is 0.938. The maximum atomic E-state index is 13.9. The van der Waals surface area contributed by atoms with Crippen LogP contribution in [-0.2, 0) is 33.3 Å². The zero-order valence-corrected chi connectivity index (χ0v) is 25.7. The molecule has 248 valence electrons. The van der Waals surface area contributed by atoms with Crippen LogP contribution in [0.2, 0.25) is 0 Å². The second-order valence-electron chi connectivity index (χ2n) is 14.6. The Bertz CT molecular complexity index is 1090. The van der Waals surface area contributed by atoms with Gasteiger partial charge in [-0.05, 0) is 56.3 Å². The van der Waals surface area contributed by atoms with Gasteiger partial charge in [0.05, 0.1) is 37.1 Å². The Hall–Kier alpha value is -1.06. The van der Waals surface area contributed by atoms with Crippen molar-refractivity contribution in [1.82, 2.24) is 5.32 Å². The van der Waals surface area contributed by atoms with Crippen molar-refractivity contribution in [3.05, 3.63) is 0 Å². The van der Waals surface area contributed by atoms with Crippen LogP contribution in [0.5, 0.6) is 0 Å². The summed E-state index contributed by atoms with van der Waals surface area (Å²) < 4.78 is 30.1. The van der Waals surface area contributed by atoms with Crippen molar-refractivity contribution in [3.8, 4) is 0 Å². The first-order valence-corrected chi connectivity index (χ1v) is 16.8. The van der Waals surface area contributed by atoms with Gasteiger partial charge in [0, 0.05) is 50.2 Å². The van der Waals surface area contributed by atoms with E-state index in [1.807, 2.05) is 6.92 Å². The largest absolute Gasteiger partial charge is 0.392 e. The van der Waals surface area contributed by atoms with E-state index < -0.39 is 72.9 Å². The van der Waals surface area contributed by atoms with Crippen LogP contribution in [0.25, 0.3) is 0 Å². The van der Waals surface area contributed by atoms with Crippen molar-refractivity contribution >= 4 is 11.6 Å². The fourth-order valence-corrected chi connectivity index (χ4v) is 10.5. The zero-order chi connectivity index (χ0) is 30.9. The summed E-state index contributed by atoms with van der Waals surface area (Å²) in [7, 11) is 1.57. The lowest BCUT2D eigenvalue weighted by Crippen LogP contribution is -2.70. The molecule has 2 saturated heterocycles. The number of hydrogen-bond donors (Lipinski definition) is 5. The van der Waals surface area contributed by atoms with Crippen molar-refractivity contribution in [2.75, 3.05) is 26.9 Å². The minimum Gasteiger partial charge on any atom is -0.392 e. The number of methoxy groups -OCH3 is 1. The Balaban J connectivity index is 1.10. The lowest BCUT2D eigenvalue weighted by atomic mass is 9.40. The van der Waals surface area contributed by atoms with Gasteiger partial charge in [-0.2, -0.15) is 0 Å². The van der Waals surface area contributed by atoms with Gasteiger partial charge < -0.3 is 44.1 Å². The maximum absolute atomic E-state index is 13.9. The number of nitrogens with one attached hydrogen (secondary N) is 1. The number of morpholine rings is 1. The SMILES string of the molecule is COC1OCCNC1OC1CCC(OC2CC(O)(C(=O)CO)CC3C(O)C4C(=O)C5CCCC6CC(C65)C4C(O)C23)OC1C. The normalized spacial score (nSPS) is 53.5. The van der Waals surface area contributed by atoms with Gasteiger partial charge in [0.2, 0.25) is 0 Å². The Morgan fingerprint density at radius 1 is 1.02 bits per heavy atom. The molecule has 5 aliphatic carbocycles. The minimum atomic E-state index is -1.95. The molecule has 2 aliphatic heterocycles. The molecule has 5 saturated carbocycles. The maximum Gasteiger partial charge on any atom is 0.197 e. The first kappa shape index (κ1) is 31.5. The first-order chi connectivity index (χ1) is 21.1. The summed E-state index contributed by atoms with van der Waals surface area (Å²) in [6.45, 7) is 2.21. The van der Waals surface area contributed by atoms with E-state index in [1.165, 1.54) is 0 Å². The number of Topliss-reactive ketones (excluding diaryl/α,β-unsaturated/α-hetero) is 2. The number of rotatable bonds is 7. The molecular formula is C32H49NO11. The summed E-state index contributed by atoms with van der Waals surface area (Å²) in [6.07, 6.45) is -0.419. The number of aliphatic hydroxyl groups is 4. The molecule has 44 heavy (non-hydrogen) atoms. The summed E-state index contributed by atoms with van der Waals surface area (Å²) in [5.74, 6) is -2.27. The van der Waals surface area contributed by atoms with E-state index in [4.69, 9.17) is 23.7 Å². The van der Waals surface area contributed by atoms with Crippen molar-refractivity contribution in [1.29, 1.82) is 0 Å². The zero-order valence-electron chi connectivity index (χ0n) is 25.7. The van der Waals surface area contributed by atoms with Crippen molar-refractivity contribution < 1.29 is 53.7 Å². The van der Waals surface area contributed by atoms with Gasteiger partial charge in [-0.3, -0.25) is 14.9 Å². The van der Waals surface area contributed by atoms with Gasteiger partial charge in [-0.1, -0.05) is 12.8 Å². The van der Waals surface area contributed by atoms with E-state index in [0.29, 0.717) is 31.9 Å². The van der Waals surface area contributed by atoms with Crippen LogP contribution >= 0.6 is 0 Å². The lowest BCUT2D eigenvalue weighted by Gasteiger charge is -2.65. The van der Waals surface area contributed by atoms with Crippen LogP contribution in [0.1, 0.15) is 58.3 Å². The molecule has 7 aliphatic rings. The smallest absolute Gasteiger partial charge is 0.197 e. The molecule has 0 bridgehead atoms. The Morgan fingerprint density at radius 2 is 1.84 bits per heavy atom. The highest BCUT2D eigenvalue weighted by atomic mass is 16.7. The van der Waals surface area contributed by atoms with Crippen LogP contribution in [0.15, 0.2) is 0 Å². The molecule has 0 aromatic carbocycles. The molecule has 0 radical (unpaired) electrons. The molecule has 17 unspecified atom stereocenters. The predicted molar refractivity (Wildman–Crippen MR) is 152 cm³/mol. The Morgan fingerprint density at radius 3 is 2.59 bits per heavy atom. The number of fused-ring (bicyclic) bond motifs is 3. The standard InChI is InChI=1S/C32H49NO11/c1-14-19(44-30-31(40-2)41-9-8-33-30)6-7-22(42-14)43-20-12-32(39,21(35)13-34)11-18-24(20)29(38)25-17-10-15-4-3-5-16(23(15)17)27(36)26(25)28(18)37/h14-20,22-26,28-31,33-34,37-39H,3-13H2,1-2H3. The second-order valence-corrected chi connectivity index (χ2v) is 14.6. The van der Waals surface area contributed by atoms with Crippen LogP contribution in [0.3, 0.4) is 0 Å². The summed E-state index contributed by atoms with van der Waals surface area (Å²) >= 11 is 0. The average Bonchev–Trinajstić information content (AvgIpc) is 3.00. The summed E-state index contributed by atoms with van der Waals surface area (Å²) in [6, 6.07) is 0. The highest BCUT2D eigenvalue weighted by molar-refractivity contribution is 5.88. The molecule has 5 N–H and O–H groups in total. The summed E-state index contributed by atoms with van der Waals surface area (Å²) in [4.78, 5) is 26.7. The van der Waals surface area contributed by atoms with Gasteiger partial charge >= 0.3 is 0 Å². The van der Waals surface area contributed by atoms with E-state index in [9.17, 15) is 30.0 Å².